The van der Waals surface area contributed by atoms with Gasteiger partial charge in [-0.1, -0.05) is 0 Å². The van der Waals surface area contributed by atoms with Crippen molar-refractivity contribution >= 4 is 49.7 Å². The fourth-order valence-electron chi connectivity index (χ4n) is 1.53. The van der Waals surface area contributed by atoms with Gasteiger partial charge < -0.3 is 29.3 Å². The summed E-state index contributed by atoms with van der Waals surface area (Å²) in [6.45, 7) is 1.14. The van der Waals surface area contributed by atoms with Crippen LogP contribution in [0.1, 0.15) is 25.7 Å². The molecule has 2 aliphatic rings. The smallest absolute Gasteiger partial charge is 0.547 e. The molecule has 0 amide bonds. The van der Waals surface area contributed by atoms with Crippen molar-refractivity contribution in [3.63, 3.8) is 0 Å². The Balaban J connectivity index is 0.000000284. The first kappa shape index (κ1) is 17.1. The van der Waals surface area contributed by atoms with E-state index in [1.807, 2.05) is 0 Å². The van der Waals surface area contributed by atoms with E-state index in [9.17, 15) is 19.8 Å². The molecule has 2 heterocycles. The maximum Gasteiger partial charge on any atom is 2.00 e. The van der Waals surface area contributed by atoms with Gasteiger partial charge in [-0.05, 0) is 25.7 Å². The molecule has 7 heteroatoms. The maximum atomic E-state index is 9.97. The quantitative estimate of drug-likeness (QED) is 0.512. The van der Waals surface area contributed by atoms with Crippen molar-refractivity contribution in [1.29, 1.82) is 0 Å². The van der Waals surface area contributed by atoms with Gasteiger partial charge in [0.2, 0.25) is 0 Å². The van der Waals surface area contributed by atoms with E-state index in [1.54, 1.807) is 0 Å². The zero-order chi connectivity index (χ0) is 12.0. The summed E-state index contributed by atoms with van der Waals surface area (Å²) in [6.07, 6.45) is 1.66. The Bertz CT molecular complexity index is 219. The predicted octanol–water partition coefficient (Wildman–Crippen LogP) is -2.55. The number of ether oxygens (including phenoxy) is 2. The summed E-state index contributed by atoms with van der Waals surface area (Å²) in [5.74, 6) is -2.16. The van der Waals surface area contributed by atoms with Crippen LogP contribution in [0.4, 0.5) is 0 Å². The molecule has 0 N–H and O–H groups in total. The third kappa shape index (κ3) is 6.57. The van der Waals surface area contributed by atoms with Gasteiger partial charge in [0, 0.05) is 13.2 Å². The molecule has 0 saturated carbocycles. The summed E-state index contributed by atoms with van der Waals surface area (Å²) in [6, 6.07) is 0. The van der Waals surface area contributed by atoms with Crippen molar-refractivity contribution in [2.24, 2.45) is 0 Å². The molecule has 2 atom stereocenters. The van der Waals surface area contributed by atoms with Gasteiger partial charge in [0.05, 0.1) is 24.1 Å². The number of rotatable bonds is 2. The molecule has 2 fully saturated rings. The molecule has 17 heavy (non-hydrogen) atoms. The van der Waals surface area contributed by atoms with Crippen LogP contribution in [0, 0.1) is 0 Å². The van der Waals surface area contributed by atoms with E-state index in [2.05, 4.69) is 0 Å². The predicted molar refractivity (Wildman–Crippen MR) is 53.7 cm³/mol. The van der Waals surface area contributed by atoms with Crippen LogP contribution in [-0.4, -0.2) is 75.1 Å². The molecule has 0 aromatic rings. The maximum absolute atomic E-state index is 9.97. The molecule has 2 rings (SSSR count). The van der Waals surface area contributed by atoms with Crippen LogP contribution in [-0.2, 0) is 19.1 Å². The Labute approximate surface area is 129 Å². The van der Waals surface area contributed by atoms with Crippen molar-refractivity contribution < 1.29 is 29.3 Å². The van der Waals surface area contributed by atoms with Gasteiger partial charge in [-0.3, -0.25) is 0 Å². The second-order valence-corrected chi connectivity index (χ2v) is 3.64. The summed E-state index contributed by atoms with van der Waals surface area (Å²) in [5.41, 5.74) is 0. The van der Waals surface area contributed by atoms with Crippen molar-refractivity contribution in [3.8, 4) is 0 Å². The number of carbonyl (C=O) groups excluding carboxylic acids is 2. The Morgan fingerprint density at radius 1 is 0.882 bits per heavy atom. The van der Waals surface area contributed by atoms with Gasteiger partial charge in [-0.2, -0.15) is 0 Å². The monoisotopic (exact) mass is 270 g/mol. The largest absolute Gasteiger partial charge is 2.00 e. The number of carbonyl (C=O) groups is 2. The Morgan fingerprint density at radius 2 is 1.24 bits per heavy atom. The first-order chi connectivity index (χ1) is 7.61. The zero-order valence-corrected chi connectivity index (χ0v) is 11.8. The third-order valence-corrected chi connectivity index (χ3v) is 2.39. The van der Waals surface area contributed by atoms with Crippen LogP contribution in [0.3, 0.4) is 0 Å². The molecule has 0 spiro atoms. The second kappa shape index (κ2) is 9.10. The van der Waals surface area contributed by atoms with E-state index >= 15 is 0 Å². The molecule has 0 aromatic carbocycles. The van der Waals surface area contributed by atoms with Gasteiger partial charge in [0.25, 0.3) is 0 Å². The Hall–Kier alpha value is 0.120. The van der Waals surface area contributed by atoms with Crippen LogP contribution < -0.4 is 10.2 Å². The Morgan fingerprint density at radius 3 is 1.35 bits per heavy atom. The molecule has 92 valence electrons. The molecule has 2 unspecified atom stereocenters. The molecular formula is C10H14CaO6. The van der Waals surface area contributed by atoms with Gasteiger partial charge in [-0.25, -0.2) is 0 Å². The average molecular weight is 270 g/mol. The number of carboxylic acid groups (broad SMARTS) is 2. The van der Waals surface area contributed by atoms with Crippen molar-refractivity contribution in [2.45, 2.75) is 37.9 Å². The summed E-state index contributed by atoms with van der Waals surface area (Å²) in [4.78, 5) is 19.9. The van der Waals surface area contributed by atoms with E-state index in [0.717, 1.165) is 12.8 Å². The molecule has 0 aliphatic carbocycles. The van der Waals surface area contributed by atoms with E-state index in [4.69, 9.17) is 9.47 Å². The van der Waals surface area contributed by atoms with Gasteiger partial charge in [0.15, 0.2) is 0 Å². The standard InChI is InChI=1S/2C5H8O3.Ca/c2*6-5(7)4-2-1-3-8-4;/h2*4H,1-3H2,(H,6,7);/q;;+2/p-2. The van der Waals surface area contributed by atoms with E-state index in [0.29, 0.717) is 26.1 Å². The minimum atomic E-state index is -1.08. The third-order valence-electron chi connectivity index (χ3n) is 2.39. The first-order valence-corrected chi connectivity index (χ1v) is 5.26. The average Bonchev–Trinajstić information content (AvgIpc) is 2.93. The number of hydrogen-bond donors (Lipinski definition) is 0. The van der Waals surface area contributed by atoms with Gasteiger partial charge in [-0.15, -0.1) is 0 Å². The zero-order valence-electron chi connectivity index (χ0n) is 9.55. The molecule has 0 radical (unpaired) electrons. The van der Waals surface area contributed by atoms with Crippen molar-refractivity contribution in [1.82, 2.24) is 0 Å². The number of carboxylic acids is 2. The van der Waals surface area contributed by atoms with Gasteiger partial charge >= 0.3 is 37.7 Å². The summed E-state index contributed by atoms with van der Waals surface area (Å²) >= 11 is 0. The molecule has 6 nitrogen and oxygen atoms in total. The molecule has 2 saturated heterocycles. The summed E-state index contributed by atoms with van der Waals surface area (Å²) in [5, 5.41) is 19.9. The van der Waals surface area contributed by atoms with E-state index < -0.39 is 24.1 Å². The second-order valence-electron chi connectivity index (χ2n) is 3.64. The Kier molecular flexibility index (Phi) is 9.17. The van der Waals surface area contributed by atoms with Crippen LogP contribution in [0.25, 0.3) is 0 Å². The van der Waals surface area contributed by atoms with Gasteiger partial charge in [0.1, 0.15) is 0 Å². The van der Waals surface area contributed by atoms with E-state index in [-0.39, 0.29) is 37.7 Å². The minimum Gasteiger partial charge on any atom is -0.547 e. The molecular weight excluding hydrogens is 256 g/mol. The number of aliphatic carboxylic acids is 2. The topological polar surface area (TPSA) is 98.7 Å². The SMILES string of the molecule is O=C([O-])C1CCCO1.O=C([O-])C1CCCO1.[Ca+2]. The molecule has 0 bridgehead atoms. The van der Waals surface area contributed by atoms with Crippen molar-refractivity contribution in [2.75, 3.05) is 13.2 Å². The van der Waals surface area contributed by atoms with Crippen LogP contribution in [0.2, 0.25) is 0 Å². The normalized spacial score (nSPS) is 26.6. The fourth-order valence-corrected chi connectivity index (χ4v) is 1.53. The van der Waals surface area contributed by atoms with Crippen LogP contribution in [0.5, 0.6) is 0 Å². The van der Waals surface area contributed by atoms with Crippen molar-refractivity contribution in [3.05, 3.63) is 0 Å². The summed E-state index contributed by atoms with van der Waals surface area (Å²) < 4.78 is 9.50. The summed E-state index contributed by atoms with van der Waals surface area (Å²) in [7, 11) is 0. The van der Waals surface area contributed by atoms with E-state index in [1.165, 1.54) is 0 Å². The molecule has 0 aromatic heterocycles. The van der Waals surface area contributed by atoms with Crippen LogP contribution in [0.15, 0.2) is 0 Å². The van der Waals surface area contributed by atoms with Crippen LogP contribution >= 0.6 is 0 Å². The first-order valence-electron chi connectivity index (χ1n) is 5.26. The number of hydrogen-bond acceptors (Lipinski definition) is 6. The molecule has 2 aliphatic heterocycles. The minimum absolute atomic E-state index is 0. The fraction of sp³-hybridized carbons (Fsp3) is 0.800.